The number of hydrogen-bond acceptors (Lipinski definition) is 6. The third kappa shape index (κ3) is 4.51. The van der Waals surface area contributed by atoms with Crippen LogP contribution in [0.5, 0.6) is 0 Å². The Morgan fingerprint density at radius 1 is 1.29 bits per heavy atom. The number of nitro groups is 1. The summed E-state index contributed by atoms with van der Waals surface area (Å²) < 4.78 is 0.505. The van der Waals surface area contributed by atoms with E-state index in [1.54, 1.807) is 24.3 Å². The van der Waals surface area contributed by atoms with Gasteiger partial charge in [0, 0.05) is 33.7 Å². The molecule has 0 saturated carbocycles. The quantitative estimate of drug-likeness (QED) is 0.239. The molecule has 3 rings (SSSR count). The Bertz CT molecular complexity index is 1140. The molecule has 0 aliphatic rings. The Morgan fingerprint density at radius 3 is 2.71 bits per heavy atom. The fraction of sp³-hybridized carbons (Fsp3) is 0. The van der Waals surface area contributed by atoms with E-state index < -0.39 is 4.92 Å². The normalized spacial score (nSPS) is 11.1. The van der Waals surface area contributed by atoms with Crippen LogP contribution in [0.4, 0.5) is 11.4 Å². The molecular formula is C18H9BrCl2N4O2S. The van der Waals surface area contributed by atoms with Crippen molar-refractivity contribution >= 4 is 67.4 Å². The molecule has 0 fully saturated rings. The third-order valence-electron chi connectivity index (χ3n) is 3.61. The number of nitro benzene ring substituents is 1. The molecule has 140 valence electrons. The number of aromatic nitrogens is 1. The van der Waals surface area contributed by atoms with Crippen LogP contribution in [0.2, 0.25) is 10.0 Å². The second kappa shape index (κ2) is 8.71. The van der Waals surface area contributed by atoms with Gasteiger partial charge < -0.3 is 5.32 Å². The number of hydrogen-bond donors (Lipinski definition) is 1. The summed E-state index contributed by atoms with van der Waals surface area (Å²) in [5.41, 5.74) is 2.34. The summed E-state index contributed by atoms with van der Waals surface area (Å²) in [4.78, 5) is 14.8. The largest absolute Gasteiger partial charge is 0.359 e. The standard InChI is InChI=1S/C18H9BrCl2N4O2S/c19-13-6-12(25(26)27)2-4-16(13)23-8-11(7-22)18-24-17(9-28-18)10-1-3-14(20)15(21)5-10/h1-6,8-9,23H. The van der Waals surface area contributed by atoms with Crippen molar-refractivity contribution in [1.29, 1.82) is 5.26 Å². The van der Waals surface area contributed by atoms with Crippen LogP contribution >= 0.6 is 50.5 Å². The van der Waals surface area contributed by atoms with Crippen molar-refractivity contribution in [2.75, 3.05) is 5.32 Å². The maximum absolute atomic E-state index is 10.8. The highest BCUT2D eigenvalue weighted by molar-refractivity contribution is 9.10. The van der Waals surface area contributed by atoms with Gasteiger partial charge in [-0.2, -0.15) is 5.26 Å². The molecule has 0 spiro atoms. The summed E-state index contributed by atoms with van der Waals surface area (Å²) in [6.45, 7) is 0. The van der Waals surface area contributed by atoms with Crippen LogP contribution in [-0.2, 0) is 0 Å². The molecule has 1 N–H and O–H groups in total. The summed E-state index contributed by atoms with van der Waals surface area (Å²) in [6, 6.07) is 11.6. The molecule has 0 unspecified atom stereocenters. The van der Waals surface area contributed by atoms with Gasteiger partial charge in [0.05, 0.1) is 26.3 Å². The summed E-state index contributed by atoms with van der Waals surface area (Å²) in [5, 5.41) is 26.5. The highest BCUT2D eigenvalue weighted by Gasteiger charge is 2.12. The number of nitrogens with one attached hydrogen (secondary N) is 1. The number of benzene rings is 2. The Hall–Kier alpha value is -2.44. The Kier molecular flexibility index (Phi) is 6.31. The first-order chi connectivity index (χ1) is 13.4. The van der Waals surface area contributed by atoms with E-state index in [2.05, 4.69) is 32.3 Å². The van der Waals surface area contributed by atoms with Gasteiger partial charge in [-0.1, -0.05) is 29.3 Å². The molecule has 0 aliphatic heterocycles. The summed E-state index contributed by atoms with van der Waals surface area (Å²) >= 11 is 16.6. The van der Waals surface area contributed by atoms with E-state index in [4.69, 9.17) is 23.2 Å². The van der Waals surface area contributed by atoms with Crippen molar-refractivity contribution in [3.63, 3.8) is 0 Å². The number of anilines is 1. The molecule has 1 aromatic heterocycles. The lowest BCUT2D eigenvalue weighted by Crippen LogP contribution is -1.94. The van der Waals surface area contributed by atoms with Crippen molar-refractivity contribution in [3.8, 4) is 17.3 Å². The number of rotatable bonds is 5. The van der Waals surface area contributed by atoms with Crippen LogP contribution in [0.25, 0.3) is 16.8 Å². The number of thiazole rings is 1. The Labute approximate surface area is 182 Å². The van der Waals surface area contributed by atoms with Gasteiger partial charge in [0.2, 0.25) is 0 Å². The molecule has 0 saturated heterocycles. The molecule has 2 aromatic carbocycles. The minimum atomic E-state index is -0.481. The molecule has 0 amide bonds. The average Bonchev–Trinajstić information content (AvgIpc) is 3.15. The molecular weight excluding hydrogens is 487 g/mol. The zero-order valence-corrected chi connectivity index (χ0v) is 17.7. The molecule has 0 radical (unpaired) electrons. The van der Waals surface area contributed by atoms with E-state index in [-0.39, 0.29) is 5.69 Å². The molecule has 1 heterocycles. The topological polar surface area (TPSA) is 91.8 Å². The highest BCUT2D eigenvalue weighted by Crippen LogP contribution is 2.31. The number of allylic oxidation sites excluding steroid dienone is 1. The van der Waals surface area contributed by atoms with Crippen LogP contribution < -0.4 is 5.32 Å². The predicted molar refractivity (Wildman–Crippen MR) is 116 cm³/mol. The van der Waals surface area contributed by atoms with E-state index in [1.807, 2.05) is 5.38 Å². The van der Waals surface area contributed by atoms with Crippen LogP contribution in [0.1, 0.15) is 5.01 Å². The SMILES string of the molecule is N#CC(=CNc1ccc([N+](=O)[O-])cc1Br)c1nc(-c2ccc(Cl)c(Cl)c2)cs1. The van der Waals surface area contributed by atoms with E-state index in [0.717, 1.165) is 5.56 Å². The van der Waals surface area contributed by atoms with Crippen molar-refractivity contribution in [1.82, 2.24) is 4.98 Å². The zero-order valence-electron chi connectivity index (χ0n) is 13.8. The van der Waals surface area contributed by atoms with Crippen molar-refractivity contribution in [2.24, 2.45) is 0 Å². The maximum Gasteiger partial charge on any atom is 0.270 e. The third-order valence-corrected chi connectivity index (χ3v) is 5.88. The van der Waals surface area contributed by atoms with E-state index >= 15 is 0 Å². The van der Waals surface area contributed by atoms with E-state index in [9.17, 15) is 15.4 Å². The minimum absolute atomic E-state index is 0.0342. The molecule has 0 bridgehead atoms. The van der Waals surface area contributed by atoms with E-state index in [1.165, 1.54) is 29.7 Å². The lowest BCUT2D eigenvalue weighted by atomic mass is 10.2. The van der Waals surface area contributed by atoms with Crippen molar-refractivity contribution in [3.05, 3.63) is 77.6 Å². The van der Waals surface area contributed by atoms with Gasteiger partial charge in [-0.15, -0.1) is 11.3 Å². The second-order valence-corrected chi connectivity index (χ2v) is 7.93. The predicted octanol–water partition coefficient (Wildman–Crippen LogP) is 6.76. The monoisotopic (exact) mass is 494 g/mol. The Morgan fingerprint density at radius 2 is 2.07 bits per heavy atom. The first-order valence-electron chi connectivity index (χ1n) is 7.61. The fourth-order valence-corrected chi connectivity index (χ4v) is 3.79. The van der Waals surface area contributed by atoms with Crippen LogP contribution in [0, 0.1) is 21.4 Å². The van der Waals surface area contributed by atoms with Crippen molar-refractivity contribution < 1.29 is 4.92 Å². The number of nitriles is 1. The average molecular weight is 496 g/mol. The highest BCUT2D eigenvalue weighted by atomic mass is 79.9. The lowest BCUT2D eigenvalue weighted by Gasteiger charge is -2.04. The fourth-order valence-electron chi connectivity index (χ4n) is 2.21. The minimum Gasteiger partial charge on any atom is -0.359 e. The number of nitrogens with zero attached hydrogens (tertiary/aromatic N) is 3. The van der Waals surface area contributed by atoms with Gasteiger partial charge in [-0.3, -0.25) is 10.1 Å². The maximum atomic E-state index is 10.8. The van der Waals surface area contributed by atoms with Crippen LogP contribution in [-0.4, -0.2) is 9.91 Å². The number of halogens is 3. The first kappa shape index (κ1) is 20.3. The summed E-state index contributed by atoms with van der Waals surface area (Å²) in [5.74, 6) is 0. The Balaban J connectivity index is 1.84. The smallest absolute Gasteiger partial charge is 0.270 e. The summed E-state index contributed by atoms with van der Waals surface area (Å²) in [6.07, 6.45) is 1.50. The van der Waals surface area contributed by atoms with Crippen LogP contribution in [0.15, 0.2) is 52.5 Å². The van der Waals surface area contributed by atoms with Gasteiger partial charge in [0.15, 0.2) is 0 Å². The van der Waals surface area contributed by atoms with Gasteiger partial charge in [0.25, 0.3) is 5.69 Å². The second-order valence-electron chi connectivity index (χ2n) is 5.40. The molecule has 0 atom stereocenters. The van der Waals surface area contributed by atoms with Gasteiger partial charge in [-0.25, -0.2) is 4.98 Å². The molecule has 3 aromatic rings. The molecule has 10 heteroatoms. The van der Waals surface area contributed by atoms with Crippen molar-refractivity contribution in [2.45, 2.75) is 0 Å². The number of non-ortho nitro benzene ring substituents is 1. The molecule has 6 nitrogen and oxygen atoms in total. The van der Waals surface area contributed by atoms with Gasteiger partial charge in [0.1, 0.15) is 16.6 Å². The molecule has 28 heavy (non-hydrogen) atoms. The lowest BCUT2D eigenvalue weighted by molar-refractivity contribution is -0.384. The zero-order chi connectivity index (χ0) is 20.3. The molecule has 0 aliphatic carbocycles. The van der Waals surface area contributed by atoms with Crippen LogP contribution in [0.3, 0.4) is 0 Å². The first-order valence-corrected chi connectivity index (χ1v) is 10.0. The van der Waals surface area contributed by atoms with E-state index in [0.29, 0.717) is 36.5 Å². The summed E-state index contributed by atoms with van der Waals surface area (Å²) in [7, 11) is 0. The van der Waals surface area contributed by atoms with Gasteiger partial charge >= 0.3 is 0 Å². The van der Waals surface area contributed by atoms with Gasteiger partial charge in [-0.05, 0) is 34.1 Å².